The summed E-state index contributed by atoms with van der Waals surface area (Å²) in [6, 6.07) is 6.84. The zero-order valence-corrected chi connectivity index (χ0v) is 13.8. The molecule has 1 amide bonds. The van der Waals surface area contributed by atoms with E-state index in [9.17, 15) is 18.3 Å². The largest absolute Gasteiger partial charge is 0.392 e. The molecule has 2 aliphatic heterocycles. The van der Waals surface area contributed by atoms with E-state index in [1.54, 1.807) is 33.5 Å². The molecule has 0 aromatic heterocycles. The van der Waals surface area contributed by atoms with E-state index in [0.29, 0.717) is 37.2 Å². The molecule has 0 spiro atoms. The van der Waals surface area contributed by atoms with E-state index in [0.717, 1.165) is 12.8 Å². The van der Waals surface area contributed by atoms with Crippen LogP contribution in [0.5, 0.6) is 0 Å². The third-order valence-corrected chi connectivity index (χ3v) is 6.59. The smallest absolute Gasteiger partial charge is 0.253 e. The van der Waals surface area contributed by atoms with Gasteiger partial charge in [0.25, 0.3) is 5.91 Å². The number of rotatable bonds is 3. The normalized spacial score (nSPS) is 24.7. The van der Waals surface area contributed by atoms with E-state index in [1.807, 2.05) is 0 Å². The molecule has 1 aromatic carbocycles. The van der Waals surface area contributed by atoms with Crippen molar-refractivity contribution in [3.05, 3.63) is 35.4 Å². The second kappa shape index (κ2) is 6.59. The number of hydrogen-bond acceptors (Lipinski definition) is 4. The van der Waals surface area contributed by atoms with Crippen LogP contribution in [0, 0.1) is 0 Å². The minimum Gasteiger partial charge on any atom is -0.392 e. The summed E-state index contributed by atoms with van der Waals surface area (Å²) >= 11 is 0. The van der Waals surface area contributed by atoms with E-state index in [-0.39, 0.29) is 24.3 Å². The highest BCUT2D eigenvalue weighted by Gasteiger charge is 2.37. The van der Waals surface area contributed by atoms with Gasteiger partial charge in [-0.1, -0.05) is 12.1 Å². The molecule has 1 aromatic rings. The van der Waals surface area contributed by atoms with Crippen molar-refractivity contribution in [2.75, 3.05) is 25.4 Å². The van der Waals surface area contributed by atoms with Gasteiger partial charge in [-0.3, -0.25) is 4.79 Å². The second-order valence-corrected chi connectivity index (χ2v) is 8.23. The van der Waals surface area contributed by atoms with Gasteiger partial charge < -0.3 is 10.0 Å². The molecule has 0 bridgehead atoms. The molecule has 1 unspecified atom stereocenters. The van der Waals surface area contributed by atoms with Gasteiger partial charge in [-0.15, -0.1) is 0 Å². The molecule has 0 saturated carbocycles. The zero-order chi connectivity index (χ0) is 16.4. The Morgan fingerprint density at radius 3 is 2.78 bits per heavy atom. The summed E-state index contributed by atoms with van der Waals surface area (Å²) in [7, 11) is -3.15. The summed E-state index contributed by atoms with van der Waals surface area (Å²) in [5.74, 6) is 0.123. The summed E-state index contributed by atoms with van der Waals surface area (Å²) in [5, 5.41) is 9.20. The van der Waals surface area contributed by atoms with Crippen LogP contribution in [-0.4, -0.2) is 60.1 Å². The van der Waals surface area contributed by atoms with Gasteiger partial charge >= 0.3 is 0 Å². The zero-order valence-electron chi connectivity index (χ0n) is 13.0. The highest BCUT2D eigenvalue weighted by molar-refractivity contribution is 7.89. The quantitative estimate of drug-likeness (QED) is 0.885. The van der Waals surface area contributed by atoms with Crippen LogP contribution in [-0.2, 0) is 16.6 Å². The molecular weight excluding hydrogens is 316 g/mol. The minimum atomic E-state index is -3.15. The number of aliphatic hydroxyl groups excluding tert-OH is 1. The molecule has 1 atom stereocenters. The Morgan fingerprint density at radius 2 is 2.09 bits per heavy atom. The van der Waals surface area contributed by atoms with Crippen LogP contribution < -0.4 is 0 Å². The fourth-order valence-corrected chi connectivity index (χ4v) is 5.19. The fourth-order valence-electron chi connectivity index (χ4n) is 3.43. The van der Waals surface area contributed by atoms with Gasteiger partial charge in [0, 0.05) is 31.2 Å². The summed E-state index contributed by atoms with van der Waals surface area (Å²) in [6.07, 6.45) is 2.28. The van der Waals surface area contributed by atoms with Gasteiger partial charge in [0.2, 0.25) is 10.0 Å². The van der Waals surface area contributed by atoms with E-state index in [2.05, 4.69) is 0 Å². The molecule has 0 aliphatic carbocycles. The van der Waals surface area contributed by atoms with Crippen molar-refractivity contribution in [2.45, 2.75) is 31.9 Å². The van der Waals surface area contributed by atoms with Gasteiger partial charge in [-0.25, -0.2) is 8.42 Å². The van der Waals surface area contributed by atoms with Crippen molar-refractivity contribution < 1.29 is 18.3 Å². The van der Waals surface area contributed by atoms with E-state index < -0.39 is 10.0 Å². The first-order valence-electron chi connectivity index (χ1n) is 8.00. The number of likely N-dealkylation sites (tertiary alicyclic amines) is 1. The van der Waals surface area contributed by atoms with Crippen molar-refractivity contribution in [3.63, 3.8) is 0 Å². The number of aliphatic hydroxyl groups is 1. The van der Waals surface area contributed by atoms with Crippen LogP contribution in [0.2, 0.25) is 0 Å². The van der Waals surface area contributed by atoms with Crippen LogP contribution in [0.25, 0.3) is 0 Å². The maximum atomic E-state index is 12.7. The third kappa shape index (κ3) is 3.41. The predicted octanol–water partition coefficient (Wildman–Crippen LogP) is 0.819. The first kappa shape index (κ1) is 16.4. The standard InChI is InChI=1S/C16H22N2O4S/c19-12-13-4-1-5-14(10-13)16(20)17-7-2-6-15(11-17)18-8-3-9-23(18,21)22/h1,4-5,10,15,19H,2-3,6-9,11-12H2. The number of hydrogen-bond donors (Lipinski definition) is 1. The molecular formula is C16H22N2O4S. The second-order valence-electron chi connectivity index (χ2n) is 6.19. The van der Waals surface area contributed by atoms with Gasteiger partial charge in [-0.2, -0.15) is 4.31 Å². The fraction of sp³-hybridized carbons (Fsp3) is 0.562. The average Bonchev–Trinajstić information content (AvgIpc) is 2.93. The van der Waals surface area contributed by atoms with Crippen molar-refractivity contribution in [1.29, 1.82) is 0 Å². The molecule has 2 heterocycles. The Bertz CT molecular complexity index is 689. The molecule has 2 fully saturated rings. The lowest BCUT2D eigenvalue weighted by atomic mass is 10.0. The molecule has 3 rings (SSSR count). The maximum Gasteiger partial charge on any atom is 0.253 e. The molecule has 7 heteroatoms. The van der Waals surface area contributed by atoms with Gasteiger partial charge in [-0.05, 0) is 37.0 Å². The lowest BCUT2D eigenvalue weighted by Gasteiger charge is -2.36. The minimum absolute atomic E-state index is 0.0957. The van der Waals surface area contributed by atoms with Crippen molar-refractivity contribution in [1.82, 2.24) is 9.21 Å². The van der Waals surface area contributed by atoms with Gasteiger partial charge in [0.15, 0.2) is 0 Å². The number of nitrogens with zero attached hydrogens (tertiary/aromatic N) is 2. The topological polar surface area (TPSA) is 77.9 Å². The van der Waals surface area contributed by atoms with Crippen LogP contribution in [0.3, 0.4) is 0 Å². The number of carbonyl (C=O) groups excluding carboxylic acids is 1. The molecule has 1 N–H and O–H groups in total. The number of amides is 1. The summed E-state index contributed by atoms with van der Waals surface area (Å²) < 4.78 is 25.8. The Labute approximate surface area is 136 Å². The summed E-state index contributed by atoms with van der Waals surface area (Å²) in [6.45, 7) is 1.55. The Balaban J connectivity index is 1.74. The molecule has 0 radical (unpaired) electrons. The highest BCUT2D eigenvalue weighted by atomic mass is 32.2. The molecule has 126 valence electrons. The molecule has 6 nitrogen and oxygen atoms in total. The third-order valence-electron chi connectivity index (χ3n) is 4.59. The Kier molecular flexibility index (Phi) is 4.70. The highest BCUT2D eigenvalue weighted by Crippen LogP contribution is 2.24. The van der Waals surface area contributed by atoms with Crippen LogP contribution in [0.15, 0.2) is 24.3 Å². The summed E-state index contributed by atoms with van der Waals surface area (Å²) in [4.78, 5) is 14.4. The van der Waals surface area contributed by atoms with Crippen molar-refractivity contribution >= 4 is 15.9 Å². The summed E-state index contributed by atoms with van der Waals surface area (Å²) in [5.41, 5.74) is 1.24. The molecule has 23 heavy (non-hydrogen) atoms. The van der Waals surface area contributed by atoms with Crippen molar-refractivity contribution in [2.24, 2.45) is 0 Å². The number of piperidine rings is 1. The number of benzene rings is 1. The average molecular weight is 338 g/mol. The first-order valence-corrected chi connectivity index (χ1v) is 9.61. The van der Waals surface area contributed by atoms with E-state index >= 15 is 0 Å². The van der Waals surface area contributed by atoms with Gasteiger partial charge in [0.05, 0.1) is 12.4 Å². The number of carbonyl (C=O) groups is 1. The molecule has 2 aliphatic rings. The van der Waals surface area contributed by atoms with Crippen molar-refractivity contribution in [3.8, 4) is 0 Å². The Morgan fingerprint density at radius 1 is 1.26 bits per heavy atom. The lowest BCUT2D eigenvalue weighted by molar-refractivity contribution is 0.0658. The SMILES string of the molecule is O=C(c1cccc(CO)c1)N1CCCC(N2CCCS2(=O)=O)C1. The monoisotopic (exact) mass is 338 g/mol. The van der Waals surface area contributed by atoms with E-state index in [1.165, 1.54) is 0 Å². The van der Waals surface area contributed by atoms with Crippen LogP contribution >= 0.6 is 0 Å². The first-order chi connectivity index (χ1) is 11.0. The lowest BCUT2D eigenvalue weighted by Crippen LogP contribution is -2.50. The Hall–Kier alpha value is -1.44. The predicted molar refractivity (Wildman–Crippen MR) is 86.4 cm³/mol. The van der Waals surface area contributed by atoms with Gasteiger partial charge in [0.1, 0.15) is 0 Å². The maximum absolute atomic E-state index is 12.7. The van der Waals surface area contributed by atoms with E-state index in [4.69, 9.17) is 0 Å². The van der Waals surface area contributed by atoms with Crippen LogP contribution in [0.4, 0.5) is 0 Å². The number of sulfonamides is 1. The molecule has 2 saturated heterocycles. The van der Waals surface area contributed by atoms with Crippen LogP contribution in [0.1, 0.15) is 35.2 Å².